The molecule has 0 aliphatic carbocycles. The normalized spacial score (nSPS) is 13.3. The SMILES string of the molecule is OC(c1ccc(F)cc1F)c1cc(C(F)(F)F)ccc1Br. The van der Waals surface area contributed by atoms with Crippen LogP contribution in [0, 0.1) is 11.6 Å². The summed E-state index contributed by atoms with van der Waals surface area (Å²) in [5.74, 6) is -1.88. The van der Waals surface area contributed by atoms with Gasteiger partial charge in [0.05, 0.1) is 5.56 Å². The van der Waals surface area contributed by atoms with Crippen molar-refractivity contribution >= 4 is 15.9 Å². The van der Waals surface area contributed by atoms with Gasteiger partial charge in [-0.3, -0.25) is 0 Å². The molecule has 0 bridgehead atoms. The van der Waals surface area contributed by atoms with Crippen molar-refractivity contribution in [2.45, 2.75) is 12.3 Å². The highest BCUT2D eigenvalue weighted by atomic mass is 79.9. The van der Waals surface area contributed by atoms with E-state index in [0.29, 0.717) is 6.07 Å². The summed E-state index contributed by atoms with van der Waals surface area (Å²) in [7, 11) is 0. The number of alkyl halides is 3. The summed E-state index contributed by atoms with van der Waals surface area (Å²) < 4.78 is 64.7. The van der Waals surface area contributed by atoms with Crippen molar-refractivity contribution in [3.63, 3.8) is 0 Å². The van der Waals surface area contributed by atoms with E-state index in [0.717, 1.165) is 30.3 Å². The number of aliphatic hydroxyl groups is 1. The van der Waals surface area contributed by atoms with E-state index < -0.39 is 29.5 Å². The molecule has 21 heavy (non-hydrogen) atoms. The number of benzene rings is 2. The Balaban J connectivity index is 2.50. The van der Waals surface area contributed by atoms with Crippen molar-refractivity contribution in [2.75, 3.05) is 0 Å². The largest absolute Gasteiger partial charge is 0.416 e. The van der Waals surface area contributed by atoms with Gasteiger partial charge in [0.25, 0.3) is 0 Å². The molecule has 112 valence electrons. The highest BCUT2D eigenvalue weighted by Gasteiger charge is 2.32. The van der Waals surface area contributed by atoms with Crippen LogP contribution in [0.1, 0.15) is 22.8 Å². The van der Waals surface area contributed by atoms with Gasteiger partial charge in [0, 0.05) is 16.1 Å². The zero-order chi connectivity index (χ0) is 15.8. The van der Waals surface area contributed by atoms with Crippen molar-refractivity contribution in [2.24, 2.45) is 0 Å². The van der Waals surface area contributed by atoms with E-state index in [1.165, 1.54) is 0 Å². The minimum absolute atomic E-state index is 0.157. The lowest BCUT2D eigenvalue weighted by atomic mass is 9.99. The van der Waals surface area contributed by atoms with E-state index in [2.05, 4.69) is 15.9 Å². The zero-order valence-electron chi connectivity index (χ0n) is 10.3. The number of hydrogen-bond acceptors (Lipinski definition) is 1. The van der Waals surface area contributed by atoms with Crippen molar-refractivity contribution in [1.82, 2.24) is 0 Å². The van der Waals surface area contributed by atoms with Crippen LogP contribution in [0.5, 0.6) is 0 Å². The van der Waals surface area contributed by atoms with Crippen LogP contribution in [-0.2, 0) is 6.18 Å². The van der Waals surface area contributed by atoms with Crippen molar-refractivity contribution in [3.05, 3.63) is 69.2 Å². The molecule has 2 aromatic rings. The van der Waals surface area contributed by atoms with Crippen LogP contribution in [0.4, 0.5) is 22.0 Å². The molecule has 0 heterocycles. The maximum atomic E-state index is 13.6. The first-order chi connectivity index (χ1) is 9.70. The molecule has 0 spiro atoms. The molecule has 0 aliphatic rings. The van der Waals surface area contributed by atoms with E-state index in [1.807, 2.05) is 0 Å². The summed E-state index contributed by atoms with van der Waals surface area (Å²) in [6.45, 7) is 0. The molecule has 1 unspecified atom stereocenters. The average Bonchev–Trinajstić information content (AvgIpc) is 2.37. The molecule has 0 radical (unpaired) electrons. The predicted octanol–water partition coefficient (Wildman–Crippen LogP) is 4.83. The standard InChI is InChI=1S/C14H8BrF5O/c15-11-4-1-7(14(18,19)20)5-10(11)13(21)9-3-2-8(16)6-12(9)17/h1-6,13,21H. The highest BCUT2D eigenvalue weighted by Crippen LogP contribution is 2.36. The molecular formula is C14H8BrF5O. The number of halogens is 6. The minimum Gasteiger partial charge on any atom is -0.384 e. The summed E-state index contributed by atoms with van der Waals surface area (Å²) in [4.78, 5) is 0. The number of rotatable bonds is 2. The number of hydrogen-bond donors (Lipinski definition) is 1. The van der Waals surface area contributed by atoms with Gasteiger partial charge in [0.1, 0.15) is 17.7 Å². The number of aliphatic hydroxyl groups excluding tert-OH is 1. The minimum atomic E-state index is -4.59. The van der Waals surface area contributed by atoms with Crippen molar-refractivity contribution in [3.8, 4) is 0 Å². The smallest absolute Gasteiger partial charge is 0.384 e. The third-order valence-electron chi connectivity index (χ3n) is 2.87. The lowest BCUT2D eigenvalue weighted by molar-refractivity contribution is -0.137. The zero-order valence-corrected chi connectivity index (χ0v) is 11.8. The summed E-state index contributed by atoms with van der Waals surface area (Å²) in [5.41, 5.74) is -1.44. The van der Waals surface area contributed by atoms with Crippen LogP contribution in [0.2, 0.25) is 0 Å². The van der Waals surface area contributed by atoms with E-state index in [4.69, 9.17) is 0 Å². The topological polar surface area (TPSA) is 20.2 Å². The lowest BCUT2D eigenvalue weighted by Crippen LogP contribution is -2.09. The van der Waals surface area contributed by atoms with Gasteiger partial charge in [-0.05, 0) is 29.8 Å². The van der Waals surface area contributed by atoms with Crippen LogP contribution in [0.25, 0.3) is 0 Å². The van der Waals surface area contributed by atoms with Crippen molar-refractivity contribution < 1.29 is 27.1 Å². The third kappa shape index (κ3) is 3.41. The van der Waals surface area contributed by atoms with Gasteiger partial charge in [0.15, 0.2) is 0 Å². The maximum Gasteiger partial charge on any atom is 0.416 e. The fourth-order valence-electron chi connectivity index (χ4n) is 1.82. The Morgan fingerprint density at radius 1 is 0.952 bits per heavy atom. The molecule has 0 aromatic heterocycles. The second-order valence-corrected chi connectivity index (χ2v) is 5.16. The van der Waals surface area contributed by atoms with Crippen LogP contribution in [-0.4, -0.2) is 5.11 Å². The first-order valence-electron chi connectivity index (χ1n) is 5.70. The second-order valence-electron chi connectivity index (χ2n) is 4.30. The van der Waals surface area contributed by atoms with Gasteiger partial charge in [0.2, 0.25) is 0 Å². The quantitative estimate of drug-likeness (QED) is 0.755. The fourth-order valence-corrected chi connectivity index (χ4v) is 2.28. The molecule has 0 saturated carbocycles. The Morgan fingerprint density at radius 2 is 1.62 bits per heavy atom. The van der Waals surface area contributed by atoms with Crippen LogP contribution < -0.4 is 0 Å². The van der Waals surface area contributed by atoms with Crippen molar-refractivity contribution in [1.29, 1.82) is 0 Å². The van der Waals surface area contributed by atoms with Gasteiger partial charge in [-0.1, -0.05) is 22.0 Å². The Labute approximate surface area is 125 Å². The molecule has 7 heteroatoms. The Bertz CT molecular complexity index is 669. The monoisotopic (exact) mass is 366 g/mol. The molecule has 1 nitrogen and oxygen atoms in total. The first-order valence-corrected chi connectivity index (χ1v) is 6.49. The van der Waals surface area contributed by atoms with E-state index >= 15 is 0 Å². The van der Waals surface area contributed by atoms with Crippen LogP contribution >= 0.6 is 15.9 Å². The second kappa shape index (κ2) is 5.73. The highest BCUT2D eigenvalue weighted by molar-refractivity contribution is 9.10. The maximum absolute atomic E-state index is 13.6. The first kappa shape index (κ1) is 15.9. The molecule has 0 fully saturated rings. The van der Waals surface area contributed by atoms with Gasteiger partial charge >= 0.3 is 6.18 Å². The van der Waals surface area contributed by atoms with E-state index in [-0.39, 0.29) is 15.6 Å². The summed E-state index contributed by atoms with van der Waals surface area (Å²) in [6, 6.07) is 5.13. The Morgan fingerprint density at radius 3 is 2.19 bits per heavy atom. The fraction of sp³-hybridized carbons (Fsp3) is 0.143. The molecular weight excluding hydrogens is 359 g/mol. The van der Waals surface area contributed by atoms with Crippen LogP contribution in [0.3, 0.4) is 0 Å². The summed E-state index contributed by atoms with van der Waals surface area (Å²) in [5, 5.41) is 10.1. The van der Waals surface area contributed by atoms with Crippen LogP contribution in [0.15, 0.2) is 40.9 Å². The molecule has 0 amide bonds. The Kier molecular flexibility index (Phi) is 4.34. The lowest BCUT2D eigenvalue weighted by Gasteiger charge is -2.16. The van der Waals surface area contributed by atoms with E-state index in [1.54, 1.807) is 0 Å². The molecule has 0 aliphatic heterocycles. The van der Waals surface area contributed by atoms with E-state index in [9.17, 15) is 27.1 Å². The van der Waals surface area contributed by atoms with Gasteiger partial charge < -0.3 is 5.11 Å². The van der Waals surface area contributed by atoms with Gasteiger partial charge in [-0.15, -0.1) is 0 Å². The van der Waals surface area contributed by atoms with Gasteiger partial charge in [-0.25, -0.2) is 8.78 Å². The average molecular weight is 367 g/mol. The molecule has 2 rings (SSSR count). The van der Waals surface area contributed by atoms with Gasteiger partial charge in [-0.2, -0.15) is 13.2 Å². The third-order valence-corrected chi connectivity index (χ3v) is 3.60. The molecule has 2 aromatic carbocycles. The summed E-state index contributed by atoms with van der Waals surface area (Å²) in [6.07, 6.45) is -6.24. The Hall–Kier alpha value is -1.47. The molecule has 1 N–H and O–H groups in total. The summed E-state index contributed by atoms with van der Waals surface area (Å²) >= 11 is 3.01. The predicted molar refractivity (Wildman–Crippen MR) is 69.6 cm³/mol. The molecule has 1 atom stereocenters. The molecule has 0 saturated heterocycles.